The number of pyridine rings is 1. The number of H-pyrrole nitrogens is 2. The zero-order valence-corrected chi connectivity index (χ0v) is 10.5. The third-order valence-electron chi connectivity index (χ3n) is 2.40. The Kier molecular flexibility index (Phi) is 3.93. The van der Waals surface area contributed by atoms with Gasteiger partial charge >= 0.3 is 11.7 Å². The van der Waals surface area contributed by atoms with Crippen molar-refractivity contribution in [3.8, 4) is 0 Å². The van der Waals surface area contributed by atoms with Gasteiger partial charge < -0.3 is 15.4 Å². The third kappa shape index (κ3) is 3.86. The standard InChI is InChI=1S/C12H10N4O5/c17-9(4-6-5-10(18)16-12(21)13-6)15-8-3-1-2-7(14-8)11(19)20/h1-3,5H,4H2,(H,19,20)(H,14,15,17)(H2,13,16,18,21). The summed E-state index contributed by atoms with van der Waals surface area (Å²) in [6, 6.07) is 5.22. The van der Waals surface area contributed by atoms with Crippen LogP contribution in [0.4, 0.5) is 5.82 Å². The first-order valence-corrected chi connectivity index (χ1v) is 5.77. The topological polar surface area (TPSA) is 145 Å². The van der Waals surface area contributed by atoms with Gasteiger partial charge in [-0.05, 0) is 12.1 Å². The van der Waals surface area contributed by atoms with Crippen LogP contribution in [0, 0.1) is 0 Å². The summed E-state index contributed by atoms with van der Waals surface area (Å²) in [6.07, 6.45) is -0.252. The van der Waals surface area contributed by atoms with Gasteiger partial charge in [0.1, 0.15) is 5.82 Å². The van der Waals surface area contributed by atoms with Gasteiger partial charge in [-0.15, -0.1) is 0 Å². The lowest BCUT2D eigenvalue weighted by molar-refractivity contribution is -0.115. The summed E-state index contributed by atoms with van der Waals surface area (Å²) in [6.45, 7) is 0. The number of hydrogen-bond acceptors (Lipinski definition) is 5. The fourth-order valence-electron chi connectivity index (χ4n) is 1.60. The van der Waals surface area contributed by atoms with Crippen molar-refractivity contribution in [2.24, 2.45) is 0 Å². The minimum absolute atomic E-state index is 0.0621. The molecular weight excluding hydrogens is 280 g/mol. The molecule has 0 atom stereocenters. The smallest absolute Gasteiger partial charge is 0.354 e. The second-order valence-corrected chi connectivity index (χ2v) is 4.05. The van der Waals surface area contributed by atoms with Crippen molar-refractivity contribution in [1.82, 2.24) is 15.0 Å². The van der Waals surface area contributed by atoms with Crippen LogP contribution in [0.15, 0.2) is 33.9 Å². The second-order valence-electron chi connectivity index (χ2n) is 4.05. The number of carboxylic acid groups (broad SMARTS) is 1. The van der Waals surface area contributed by atoms with Crippen LogP contribution >= 0.6 is 0 Å². The molecule has 2 rings (SSSR count). The van der Waals surface area contributed by atoms with E-state index in [0.29, 0.717) is 0 Å². The highest BCUT2D eigenvalue weighted by molar-refractivity contribution is 5.92. The van der Waals surface area contributed by atoms with E-state index in [0.717, 1.165) is 6.07 Å². The highest BCUT2D eigenvalue weighted by atomic mass is 16.4. The van der Waals surface area contributed by atoms with Crippen molar-refractivity contribution < 1.29 is 14.7 Å². The van der Waals surface area contributed by atoms with Crippen LogP contribution in [0.2, 0.25) is 0 Å². The molecule has 21 heavy (non-hydrogen) atoms. The lowest BCUT2D eigenvalue weighted by Gasteiger charge is -2.04. The first kappa shape index (κ1) is 14.2. The SMILES string of the molecule is O=C(Cc1cc(=O)[nH]c(=O)[nH]1)Nc1cccc(C(=O)O)n1. The van der Waals surface area contributed by atoms with Gasteiger partial charge in [-0.3, -0.25) is 14.6 Å². The number of hydrogen-bond donors (Lipinski definition) is 4. The number of anilines is 1. The maximum atomic E-state index is 11.8. The Balaban J connectivity index is 2.11. The minimum atomic E-state index is -1.22. The number of nitrogens with zero attached hydrogens (tertiary/aromatic N) is 1. The molecule has 9 heteroatoms. The van der Waals surface area contributed by atoms with E-state index in [2.05, 4.69) is 15.3 Å². The van der Waals surface area contributed by atoms with Gasteiger partial charge in [0.2, 0.25) is 5.91 Å². The van der Waals surface area contributed by atoms with Crippen LogP contribution in [0.25, 0.3) is 0 Å². The number of carboxylic acids is 1. The van der Waals surface area contributed by atoms with Gasteiger partial charge in [-0.25, -0.2) is 14.6 Å². The molecule has 108 valence electrons. The summed E-state index contributed by atoms with van der Waals surface area (Å²) in [4.78, 5) is 52.6. The van der Waals surface area contributed by atoms with E-state index in [9.17, 15) is 19.2 Å². The number of aromatic amines is 2. The van der Waals surface area contributed by atoms with E-state index in [-0.39, 0.29) is 23.6 Å². The molecule has 0 saturated carbocycles. The van der Waals surface area contributed by atoms with Crippen LogP contribution in [0.1, 0.15) is 16.2 Å². The Labute approximate surface area is 116 Å². The lowest BCUT2D eigenvalue weighted by Crippen LogP contribution is -2.25. The van der Waals surface area contributed by atoms with E-state index < -0.39 is 23.1 Å². The monoisotopic (exact) mass is 290 g/mol. The molecule has 0 aromatic carbocycles. The first-order chi connectivity index (χ1) is 9.94. The zero-order chi connectivity index (χ0) is 15.4. The van der Waals surface area contributed by atoms with Gasteiger partial charge in [0.05, 0.1) is 6.42 Å². The second kappa shape index (κ2) is 5.82. The molecular formula is C12H10N4O5. The first-order valence-electron chi connectivity index (χ1n) is 5.77. The van der Waals surface area contributed by atoms with Crippen LogP contribution in [-0.4, -0.2) is 31.9 Å². The van der Waals surface area contributed by atoms with Crippen molar-refractivity contribution in [1.29, 1.82) is 0 Å². The molecule has 2 heterocycles. The Morgan fingerprint density at radius 2 is 2.00 bits per heavy atom. The summed E-state index contributed by atoms with van der Waals surface area (Å²) in [7, 11) is 0. The van der Waals surface area contributed by atoms with Crippen LogP contribution < -0.4 is 16.6 Å². The fourth-order valence-corrected chi connectivity index (χ4v) is 1.60. The molecule has 0 radical (unpaired) electrons. The maximum Gasteiger partial charge on any atom is 0.354 e. The summed E-state index contributed by atoms with van der Waals surface area (Å²) < 4.78 is 0. The predicted octanol–water partition coefficient (Wildman–Crippen LogP) is -0.662. The van der Waals surface area contributed by atoms with Crippen molar-refractivity contribution in [3.63, 3.8) is 0 Å². The van der Waals surface area contributed by atoms with Crippen molar-refractivity contribution in [2.75, 3.05) is 5.32 Å². The highest BCUT2D eigenvalue weighted by Gasteiger charge is 2.09. The molecule has 1 amide bonds. The molecule has 2 aromatic rings. The van der Waals surface area contributed by atoms with Gasteiger partial charge in [-0.2, -0.15) is 0 Å². The Morgan fingerprint density at radius 3 is 2.67 bits per heavy atom. The summed E-state index contributed by atoms with van der Waals surface area (Å²) in [5, 5.41) is 11.2. The predicted molar refractivity (Wildman–Crippen MR) is 71.2 cm³/mol. The van der Waals surface area contributed by atoms with Crippen LogP contribution in [0.3, 0.4) is 0 Å². The molecule has 0 aliphatic rings. The largest absolute Gasteiger partial charge is 0.477 e. The summed E-state index contributed by atoms with van der Waals surface area (Å²) >= 11 is 0. The van der Waals surface area contributed by atoms with E-state index in [1.165, 1.54) is 18.2 Å². The molecule has 2 aromatic heterocycles. The highest BCUT2D eigenvalue weighted by Crippen LogP contribution is 2.05. The maximum absolute atomic E-state index is 11.8. The molecule has 0 bridgehead atoms. The van der Waals surface area contributed by atoms with Crippen LogP contribution in [0.5, 0.6) is 0 Å². The molecule has 0 saturated heterocycles. The fraction of sp³-hybridized carbons (Fsp3) is 0.0833. The van der Waals surface area contributed by atoms with Crippen LogP contribution in [-0.2, 0) is 11.2 Å². The zero-order valence-electron chi connectivity index (χ0n) is 10.5. The number of amides is 1. The van der Waals surface area contributed by atoms with E-state index in [4.69, 9.17) is 5.11 Å². The number of rotatable bonds is 4. The summed E-state index contributed by atoms with van der Waals surface area (Å²) in [5.41, 5.74) is -1.41. The minimum Gasteiger partial charge on any atom is -0.477 e. The van der Waals surface area contributed by atoms with E-state index >= 15 is 0 Å². The summed E-state index contributed by atoms with van der Waals surface area (Å²) in [5.74, 6) is -1.71. The average Bonchev–Trinajstić information content (AvgIpc) is 2.37. The van der Waals surface area contributed by atoms with Gasteiger partial charge in [0.25, 0.3) is 5.56 Å². The van der Waals surface area contributed by atoms with E-state index in [1.807, 2.05) is 4.98 Å². The van der Waals surface area contributed by atoms with Crippen molar-refractivity contribution >= 4 is 17.7 Å². The number of aromatic carboxylic acids is 1. The number of carbonyl (C=O) groups is 2. The molecule has 0 aliphatic carbocycles. The molecule has 0 unspecified atom stereocenters. The van der Waals surface area contributed by atoms with Gasteiger partial charge in [0, 0.05) is 11.8 Å². The van der Waals surface area contributed by atoms with E-state index in [1.54, 1.807) is 0 Å². The third-order valence-corrected chi connectivity index (χ3v) is 2.40. The Bertz CT molecular complexity index is 779. The van der Waals surface area contributed by atoms with Gasteiger partial charge in [0.15, 0.2) is 5.69 Å². The molecule has 4 N–H and O–H groups in total. The molecule has 9 nitrogen and oxygen atoms in total. The average molecular weight is 290 g/mol. The molecule has 0 spiro atoms. The molecule has 0 aliphatic heterocycles. The lowest BCUT2D eigenvalue weighted by atomic mass is 10.3. The number of nitrogens with one attached hydrogen (secondary N) is 3. The van der Waals surface area contributed by atoms with Crippen molar-refractivity contribution in [2.45, 2.75) is 6.42 Å². The normalized spacial score (nSPS) is 10.1. The Hall–Kier alpha value is -3.23. The Morgan fingerprint density at radius 1 is 1.24 bits per heavy atom. The van der Waals surface area contributed by atoms with Crippen molar-refractivity contribution in [3.05, 3.63) is 56.5 Å². The number of carbonyl (C=O) groups excluding carboxylic acids is 1. The number of aromatic nitrogens is 3. The molecule has 0 fully saturated rings. The quantitative estimate of drug-likeness (QED) is 0.588. The van der Waals surface area contributed by atoms with Gasteiger partial charge in [-0.1, -0.05) is 6.07 Å².